The lowest BCUT2D eigenvalue weighted by molar-refractivity contribution is 0.0982. The number of halogens is 1. The van der Waals surface area contributed by atoms with Crippen molar-refractivity contribution in [2.75, 3.05) is 18.0 Å². The largest absolute Gasteiger partial charge is 0.330 e. The van der Waals surface area contributed by atoms with Crippen LogP contribution in [-0.2, 0) is 0 Å². The van der Waals surface area contributed by atoms with Crippen LogP contribution in [0.5, 0.6) is 0 Å². The smallest absolute Gasteiger partial charge is 0.276 e. The summed E-state index contributed by atoms with van der Waals surface area (Å²) < 4.78 is 13.3. The third-order valence-electron chi connectivity index (χ3n) is 2.68. The highest BCUT2D eigenvalue weighted by molar-refractivity contribution is 6.04. The van der Waals surface area contributed by atoms with E-state index in [2.05, 4.69) is 10.2 Å². The molecule has 100 valence electrons. The van der Waals surface area contributed by atoms with Gasteiger partial charge in [-0.05, 0) is 37.2 Å². The number of hydrogen-bond donors (Lipinski definition) is 2. The van der Waals surface area contributed by atoms with Crippen LogP contribution in [0.4, 0.5) is 10.1 Å². The SMILES string of the molecule is NCCCN(C(=O)c1ccn[nH]1)c1cccc(F)c1. The molecule has 0 unspecified atom stereocenters. The highest BCUT2D eigenvalue weighted by atomic mass is 19.1. The predicted octanol–water partition coefficient (Wildman–Crippen LogP) is 1.54. The second-order valence-corrected chi connectivity index (χ2v) is 4.05. The number of hydrogen-bond acceptors (Lipinski definition) is 3. The second-order valence-electron chi connectivity index (χ2n) is 4.05. The topological polar surface area (TPSA) is 75.0 Å². The van der Waals surface area contributed by atoms with E-state index in [1.54, 1.807) is 18.2 Å². The van der Waals surface area contributed by atoms with E-state index >= 15 is 0 Å². The van der Waals surface area contributed by atoms with Gasteiger partial charge < -0.3 is 10.6 Å². The summed E-state index contributed by atoms with van der Waals surface area (Å²) >= 11 is 0. The van der Waals surface area contributed by atoms with Crippen LogP contribution in [0.1, 0.15) is 16.9 Å². The minimum atomic E-state index is -0.382. The van der Waals surface area contributed by atoms with E-state index in [4.69, 9.17) is 5.73 Å². The molecule has 0 aliphatic carbocycles. The minimum absolute atomic E-state index is 0.253. The van der Waals surface area contributed by atoms with Gasteiger partial charge in [-0.25, -0.2) is 4.39 Å². The molecule has 0 spiro atoms. The molecule has 1 aromatic carbocycles. The van der Waals surface area contributed by atoms with Crippen molar-refractivity contribution >= 4 is 11.6 Å². The Morgan fingerprint density at radius 1 is 1.42 bits per heavy atom. The summed E-state index contributed by atoms with van der Waals surface area (Å²) in [7, 11) is 0. The first-order valence-electron chi connectivity index (χ1n) is 5.99. The fourth-order valence-corrected chi connectivity index (χ4v) is 1.76. The lowest BCUT2D eigenvalue weighted by atomic mass is 10.2. The van der Waals surface area contributed by atoms with Gasteiger partial charge >= 0.3 is 0 Å². The maximum Gasteiger partial charge on any atom is 0.276 e. The van der Waals surface area contributed by atoms with Crippen LogP contribution in [0.25, 0.3) is 0 Å². The summed E-state index contributed by atoms with van der Waals surface area (Å²) in [5, 5.41) is 6.36. The first kappa shape index (κ1) is 13.2. The number of carbonyl (C=O) groups excluding carboxylic acids is 1. The summed E-state index contributed by atoms with van der Waals surface area (Å²) in [6, 6.07) is 7.50. The van der Waals surface area contributed by atoms with Crippen molar-refractivity contribution in [1.29, 1.82) is 0 Å². The van der Waals surface area contributed by atoms with Crippen molar-refractivity contribution in [3.63, 3.8) is 0 Å². The van der Waals surface area contributed by atoms with Gasteiger partial charge in [0.05, 0.1) is 0 Å². The zero-order valence-electron chi connectivity index (χ0n) is 10.3. The number of nitrogens with one attached hydrogen (secondary N) is 1. The van der Waals surface area contributed by atoms with Gasteiger partial charge in [0.2, 0.25) is 0 Å². The first-order chi connectivity index (χ1) is 9.22. The Bertz CT molecular complexity index is 541. The molecule has 0 radical (unpaired) electrons. The number of amides is 1. The zero-order valence-corrected chi connectivity index (χ0v) is 10.3. The van der Waals surface area contributed by atoms with Crippen LogP contribution in [0.2, 0.25) is 0 Å². The van der Waals surface area contributed by atoms with Gasteiger partial charge in [0.1, 0.15) is 11.5 Å². The molecule has 0 aliphatic heterocycles. The predicted molar refractivity (Wildman–Crippen MR) is 70.3 cm³/mol. The van der Waals surface area contributed by atoms with Gasteiger partial charge in [0, 0.05) is 18.4 Å². The van der Waals surface area contributed by atoms with Gasteiger partial charge in [0.15, 0.2) is 0 Å². The van der Waals surface area contributed by atoms with Crippen LogP contribution >= 0.6 is 0 Å². The number of anilines is 1. The van der Waals surface area contributed by atoms with Crippen molar-refractivity contribution in [2.24, 2.45) is 5.73 Å². The van der Waals surface area contributed by atoms with Crippen LogP contribution in [0.15, 0.2) is 36.5 Å². The number of aromatic nitrogens is 2. The molecule has 0 bridgehead atoms. The summed E-state index contributed by atoms with van der Waals surface area (Å²) in [6.07, 6.45) is 2.14. The Kier molecular flexibility index (Phi) is 4.25. The summed E-state index contributed by atoms with van der Waals surface area (Å²) in [6.45, 7) is 0.889. The summed E-state index contributed by atoms with van der Waals surface area (Å²) in [5.74, 6) is -0.635. The van der Waals surface area contributed by atoms with E-state index in [0.29, 0.717) is 30.9 Å². The Balaban J connectivity index is 2.28. The molecule has 1 amide bonds. The number of aromatic amines is 1. The second kappa shape index (κ2) is 6.10. The molecular weight excluding hydrogens is 247 g/mol. The summed E-state index contributed by atoms with van der Waals surface area (Å²) in [4.78, 5) is 13.8. The van der Waals surface area contributed by atoms with E-state index < -0.39 is 0 Å². The maximum atomic E-state index is 13.3. The fourth-order valence-electron chi connectivity index (χ4n) is 1.76. The molecule has 0 aliphatic rings. The number of rotatable bonds is 5. The quantitative estimate of drug-likeness (QED) is 0.858. The Hall–Kier alpha value is -2.21. The number of nitrogens with zero attached hydrogens (tertiary/aromatic N) is 2. The number of carbonyl (C=O) groups is 1. The lowest BCUT2D eigenvalue weighted by Crippen LogP contribution is -2.33. The van der Waals surface area contributed by atoms with Gasteiger partial charge in [-0.3, -0.25) is 9.89 Å². The molecule has 3 N–H and O–H groups in total. The molecule has 0 fully saturated rings. The molecule has 0 saturated carbocycles. The molecule has 2 rings (SSSR count). The zero-order chi connectivity index (χ0) is 13.7. The van der Waals surface area contributed by atoms with Gasteiger partial charge in [-0.2, -0.15) is 5.10 Å². The van der Waals surface area contributed by atoms with Gasteiger partial charge in [-0.1, -0.05) is 6.07 Å². The van der Waals surface area contributed by atoms with Crippen LogP contribution in [0.3, 0.4) is 0 Å². The highest BCUT2D eigenvalue weighted by Gasteiger charge is 2.18. The van der Waals surface area contributed by atoms with Crippen LogP contribution in [-0.4, -0.2) is 29.2 Å². The van der Waals surface area contributed by atoms with Crippen LogP contribution < -0.4 is 10.6 Å². The Labute approximate surface area is 110 Å². The van der Waals surface area contributed by atoms with E-state index in [1.165, 1.54) is 23.2 Å². The molecule has 0 atom stereocenters. The lowest BCUT2D eigenvalue weighted by Gasteiger charge is -2.22. The maximum absolute atomic E-state index is 13.3. The molecular formula is C13H15FN4O. The average Bonchev–Trinajstić information content (AvgIpc) is 2.93. The minimum Gasteiger partial charge on any atom is -0.330 e. The van der Waals surface area contributed by atoms with Crippen molar-refractivity contribution in [1.82, 2.24) is 10.2 Å². The Morgan fingerprint density at radius 2 is 2.26 bits per heavy atom. The van der Waals surface area contributed by atoms with Gasteiger partial charge in [-0.15, -0.1) is 0 Å². The number of benzene rings is 1. The molecule has 1 aromatic heterocycles. The molecule has 2 aromatic rings. The third-order valence-corrected chi connectivity index (χ3v) is 2.68. The van der Waals surface area contributed by atoms with E-state index in [-0.39, 0.29) is 11.7 Å². The molecule has 6 heteroatoms. The average molecular weight is 262 g/mol. The van der Waals surface area contributed by atoms with E-state index in [1.807, 2.05) is 0 Å². The van der Waals surface area contributed by atoms with Crippen molar-refractivity contribution in [3.8, 4) is 0 Å². The first-order valence-corrected chi connectivity index (χ1v) is 5.99. The standard InChI is InChI=1S/C13H15FN4O/c14-10-3-1-4-11(9-10)18(8-2-6-15)13(19)12-5-7-16-17-12/h1,3-5,7,9H,2,6,8,15H2,(H,16,17). The van der Waals surface area contributed by atoms with Crippen molar-refractivity contribution in [2.45, 2.75) is 6.42 Å². The van der Waals surface area contributed by atoms with Crippen molar-refractivity contribution < 1.29 is 9.18 Å². The highest BCUT2D eigenvalue weighted by Crippen LogP contribution is 2.18. The molecule has 19 heavy (non-hydrogen) atoms. The van der Waals surface area contributed by atoms with Crippen LogP contribution in [0, 0.1) is 5.82 Å². The fraction of sp³-hybridized carbons (Fsp3) is 0.231. The number of H-pyrrole nitrogens is 1. The third kappa shape index (κ3) is 3.17. The molecule has 1 heterocycles. The molecule has 0 saturated heterocycles. The van der Waals surface area contributed by atoms with Gasteiger partial charge in [0.25, 0.3) is 5.91 Å². The molecule has 5 nitrogen and oxygen atoms in total. The summed E-state index contributed by atoms with van der Waals surface area (Å²) in [5.41, 5.74) is 6.34. The van der Waals surface area contributed by atoms with E-state index in [9.17, 15) is 9.18 Å². The number of nitrogens with two attached hydrogens (primary N) is 1. The monoisotopic (exact) mass is 262 g/mol. The normalized spacial score (nSPS) is 10.4. The van der Waals surface area contributed by atoms with E-state index in [0.717, 1.165) is 0 Å². The van der Waals surface area contributed by atoms with Crippen molar-refractivity contribution in [3.05, 3.63) is 48.0 Å². The Morgan fingerprint density at radius 3 is 2.89 bits per heavy atom.